The SMILES string of the molecule is CCOC(=O)C1(C(=O)OCC)COC(c2ccccc2C2OCC(C(=O)OCC)(C(=O)OCC)CO2)OC1. The number of ether oxygens (including phenoxy) is 8. The first-order valence-electron chi connectivity index (χ1n) is 12.5. The molecule has 0 unspecified atom stereocenters. The van der Waals surface area contributed by atoms with E-state index < -0.39 is 47.3 Å². The highest BCUT2D eigenvalue weighted by atomic mass is 16.7. The van der Waals surface area contributed by atoms with Gasteiger partial charge in [0.2, 0.25) is 10.8 Å². The predicted molar refractivity (Wildman–Crippen MR) is 127 cm³/mol. The minimum Gasteiger partial charge on any atom is -0.465 e. The van der Waals surface area contributed by atoms with Gasteiger partial charge in [-0.2, -0.15) is 0 Å². The molecule has 1 aromatic rings. The van der Waals surface area contributed by atoms with E-state index in [1.54, 1.807) is 52.0 Å². The van der Waals surface area contributed by atoms with Gasteiger partial charge in [-0.25, -0.2) is 0 Å². The molecule has 0 aliphatic carbocycles. The van der Waals surface area contributed by atoms with Crippen LogP contribution in [0, 0.1) is 10.8 Å². The topological polar surface area (TPSA) is 142 Å². The molecule has 0 radical (unpaired) electrons. The Labute approximate surface area is 220 Å². The van der Waals surface area contributed by atoms with Crippen LogP contribution in [0.15, 0.2) is 24.3 Å². The Balaban J connectivity index is 1.79. The van der Waals surface area contributed by atoms with Crippen LogP contribution in [0.3, 0.4) is 0 Å². The van der Waals surface area contributed by atoms with Gasteiger partial charge in [-0.3, -0.25) is 19.2 Å². The average Bonchev–Trinajstić information content (AvgIpc) is 2.93. The fraction of sp³-hybridized carbons (Fsp3) is 0.615. The zero-order valence-electron chi connectivity index (χ0n) is 22.0. The molecule has 2 heterocycles. The van der Waals surface area contributed by atoms with Crippen LogP contribution in [0.2, 0.25) is 0 Å². The second-order valence-electron chi connectivity index (χ2n) is 8.58. The number of hydrogen-bond donors (Lipinski definition) is 0. The Hall–Kier alpha value is -3.06. The first-order chi connectivity index (χ1) is 18.3. The molecule has 0 spiro atoms. The van der Waals surface area contributed by atoms with Gasteiger partial charge in [-0.1, -0.05) is 24.3 Å². The van der Waals surface area contributed by atoms with E-state index in [1.807, 2.05) is 0 Å². The summed E-state index contributed by atoms with van der Waals surface area (Å²) >= 11 is 0. The van der Waals surface area contributed by atoms with Crippen molar-refractivity contribution in [1.29, 1.82) is 0 Å². The number of esters is 4. The number of carbonyl (C=O) groups is 4. The van der Waals surface area contributed by atoms with Crippen molar-refractivity contribution in [3.63, 3.8) is 0 Å². The molecule has 2 fully saturated rings. The van der Waals surface area contributed by atoms with Crippen molar-refractivity contribution in [1.82, 2.24) is 0 Å². The summed E-state index contributed by atoms with van der Waals surface area (Å²) in [5.74, 6) is -3.17. The van der Waals surface area contributed by atoms with Crippen LogP contribution in [0.1, 0.15) is 51.4 Å². The molecular formula is C26H34O12. The van der Waals surface area contributed by atoms with Gasteiger partial charge in [0.25, 0.3) is 0 Å². The number of hydrogen-bond acceptors (Lipinski definition) is 12. The van der Waals surface area contributed by atoms with Crippen molar-refractivity contribution >= 4 is 23.9 Å². The minimum absolute atomic E-state index is 0.0711. The van der Waals surface area contributed by atoms with Gasteiger partial charge in [0.15, 0.2) is 12.6 Å². The summed E-state index contributed by atoms with van der Waals surface area (Å²) in [6.07, 6.45) is -1.95. The summed E-state index contributed by atoms with van der Waals surface area (Å²) in [5.41, 5.74) is -2.49. The average molecular weight is 539 g/mol. The second-order valence-corrected chi connectivity index (χ2v) is 8.58. The molecular weight excluding hydrogens is 504 g/mol. The summed E-state index contributed by atoms with van der Waals surface area (Å²) < 4.78 is 43.7. The molecule has 0 aromatic heterocycles. The smallest absolute Gasteiger partial charge is 0.328 e. The van der Waals surface area contributed by atoms with Gasteiger partial charge >= 0.3 is 23.9 Å². The van der Waals surface area contributed by atoms with Crippen LogP contribution in [0.25, 0.3) is 0 Å². The molecule has 0 atom stereocenters. The Bertz CT molecular complexity index is 871. The Kier molecular flexibility index (Phi) is 10.2. The normalized spacial score (nSPS) is 19.3. The van der Waals surface area contributed by atoms with E-state index in [-0.39, 0.29) is 52.9 Å². The second kappa shape index (κ2) is 13.1. The third-order valence-electron chi connectivity index (χ3n) is 6.09. The molecule has 3 rings (SSSR count). The standard InChI is InChI=1S/C26H34O12/c1-5-31-21(27)25(22(28)32-6-2)13-35-19(36-14-25)17-11-9-10-12-18(17)20-37-15-26(16-38-20,23(29)33-7-3)24(30)34-8-4/h9-12,19-20H,5-8,13-16H2,1-4H3. The van der Waals surface area contributed by atoms with Gasteiger partial charge in [0.05, 0.1) is 52.9 Å². The van der Waals surface area contributed by atoms with Gasteiger partial charge < -0.3 is 37.9 Å². The van der Waals surface area contributed by atoms with Crippen LogP contribution < -0.4 is 0 Å². The van der Waals surface area contributed by atoms with Crippen LogP contribution in [-0.2, 0) is 57.1 Å². The molecule has 12 nitrogen and oxygen atoms in total. The van der Waals surface area contributed by atoms with Crippen molar-refractivity contribution in [3.8, 4) is 0 Å². The van der Waals surface area contributed by atoms with E-state index in [0.29, 0.717) is 11.1 Å². The lowest BCUT2D eigenvalue weighted by Gasteiger charge is -2.38. The highest BCUT2D eigenvalue weighted by molar-refractivity contribution is 6.01. The maximum absolute atomic E-state index is 12.7. The van der Waals surface area contributed by atoms with Gasteiger partial charge in [-0.15, -0.1) is 0 Å². The molecule has 2 aliphatic heterocycles. The van der Waals surface area contributed by atoms with E-state index >= 15 is 0 Å². The van der Waals surface area contributed by atoms with E-state index in [9.17, 15) is 19.2 Å². The minimum atomic E-state index is -1.76. The largest absolute Gasteiger partial charge is 0.465 e. The lowest BCUT2D eigenvalue weighted by atomic mass is 9.88. The zero-order chi connectivity index (χ0) is 27.8. The van der Waals surface area contributed by atoms with Crippen LogP contribution >= 0.6 is 0 Å². The monoisotopic (exact) mass is 538 g/mol. The molecule has 0 amide bonds. The van der Waals surface area contributed by atoms with E-state index in [2.05, 4.69) is 0 Å². The Morgan fingerprint density at radius 1 is 0.605 bits per heavy atom. The summed E-state index contributed by atoms with van der Waals surface area (Å²) in [6, 6.07) is 6.92. The van der Waals surface area contributed by atoms with E-state index in [0.717, 1.165) is 0 Å². The third-order valence-corrected chi connectivity index (χ3v) is 6.09. The molecule has 0 bridgehead atoms. The quantitative estimate of drug-likeness (QED) is 0.244. The van der Waals surface area contributed by atoms with Crippen molar-refractivity contribution in [3.05, 3.63) is 35.4 Å². The first kappa shape index (κ1) is 29.5. The van der Waals surface area contributed by atoms with Crippen LogP contribution in [0.5, 0.6) is 0 Å². The molecule has 12 heteroatoms. The summed E-state index contributed by atoms with van der Waals surface area (Å²) in [6.45, 7) is 5.48. The number of carbonyl (C=O) groups excluding carboxylic acids is 4. The first-order valence-corrected chi connectivity index (χ1v) is 12.5. The molecule has 1 aromatic carbocycles. The molecule has 2 saturated heterocycles. The van der Waals surface area contributed by atoms with Gasteiger partial charge in [-0.05, 0) is 27.7 Å². The lowest BCUT2D eigenvalue weighted by Crippen LogP contribution is -2.53. The zero-order valence-corrected chi connectivity index (χ0v) is 22.0. The highest BCUT2D eigenvalue weighted by Crippen LogP contribution is 2.40. The predicted octanol–water partition coefficient (Wildman–Crippen LogP) is 2.00. The Morgan fingerprint density at radius 2 is 0.868 bits per heavy atom. The fourth-order valence-corrected chi connectivity index (χ4v) is 4.07. The molecule has 0 N–H and O–H groups in total. The van der Waals surface area contributed by atoms with Gasteiger partial charge in [0, 0.05) is 11.1 Å². The third kappa shape index (κ3) is 5.83. The summed E-state index contributed by atoms with van der Waals surface area (Å²) in [4.78, 5) is 50.6. The lowest BCUT2D eigenvalue weighted by molar-refractivity contribution is -0.252. The van der Waals surface area contributed by atoms with Crippen LogP contribution in [0.4, 0.5) is 0 Å². The van der Waals surface area contributed by atoms with Crippen molar-refractivity contribution in [2.75, 3.05) is 52.9 Å². The molecule has 2 aliphatic rings. The van der Waals surface area contributed by atoms with Crippen molar-refractivity contribution < 1.29 is 57.1 Å². The van der Waals surface area contributed by atoms with Crippen LogP contribution in [-0.4, -0.2) is 76.7 Å². The van der Waals surface area contributed by atoms with Crippen molar-refractivity contribution in [2.45, 2.75) is 40.3 Å². The summed E-state index contributed by atoms with van der Waals surface area (Å²) in [5, 5.41) is 0. The molecule has 38 heavy (non-hydrogen) atoms. The fourth-order valence-electron chi connectivity index (χ4n) is 4.07. The summed E-state index contributed by atoms with van der Waals surface area (Å²) in [7, 11) is 0. The number of rotatable bonds is 10. The maximum Gasteiger partial charge on any atom is 0.328 e. The molecule has 210 valence electrons. The number of benzene rings is 1. The molecule has 0 saturated carbocycles. The van der Waals surface area contributed by atoms with Crippen molar-refractivity contribution in [2.24, 2.45) is 10.8 Å². The Morgan fingerprint density at radius 3 is 1.11 bits per heavy atom. The van der Waals surface area contributed by atoms with Gasteiger partial charge in [0.1, 0.15) is 0 Å². The highest BCUT2D eigenvalue weighted by Gasteiger charge is 2.55. The van der Waals surface area contributed by atoms with E-state index in [1.165, 1.54) is 0 Å². The van der Waals surface area contributed by atoms with E-state index in [4.69, 9.17) is 37.9 Å². The maximum atomic E-state index is 12.7.